The van der Waals surface area contributed by atoms with Crippen molar-refractivity contribution in [1.82, 2.24) is 0 Å². The van der Waals surface area contributed by atoms with Crippen LogP contribution >= 0.6 is 12.6 Å². The van der Waals surface area contributed by atoms with Gasteiger partial charge < -0.3 is 5.73 Å². The third kappa shape index (κ3) is 2.21. The Morgan fingerprint density at radius 3 is 2.60 bits per heavy atom. The first-order valence-corrected chi connectivity index (χ1v) is 4.39. The van der Waals surface area contributed by atoms with Crippen LogP contribution in [0.5, 0.6) is 0 Å². The lowest BCUT2D eigenvalue weighted by Gasteiger charge is -2.02. The van der Waals surface area contributed by atoms with E-state index in [4.69, 9.17) is 5.73 Å². The molecule has 0 aromatic carbocycles. The third-order valence-corrected chi connectivity index (χ3v) is 2.16. The van der Waals surface area contributed by atoms with Gasteiger partial charge >= 0.3 is 0 Å². The van der Waals surface area contributed by atoms with E-state index in [-0.39, 0.29) is 0 Å². The van der Waals surface area contributed by atoms with Crippen LogP contribution in [0.3, 0.4) is 0 Å². The summed E-state index contributed by atoms with van der Waals surface area (Å²) in [5, 5.41) is 0. The van der Waals surface area contributed by atoms with Crippen molar-refractivity contribution in [2.24, 2.45) is 10.7 Å². The van der Waals surface area contributed by atoms with E-state index >= 15 is 0 Å². The molecule has 0 saturated heterocycles. The number of hydrogen-bond donors (Lipinski definition) is 2. The molecule has 1 saturated carbocycles. The van der Waals surface area contributed by atoms with Crippen LogP contribution in [0.2, 0.25) is 0 Å². The van der Waals surface area contributed by atoms with Crippen molar-refractivity contribution in [3.63, 3.8) is 0 Å². The topological polar surface area (TPSA) is 38.4 Å². The highest BCUT2D eigenvalue weighted by Gasteiger charge is 2.13. The summed E-state index contributed by atoms with van der Waals surface area (Å²) in [6.45, 7) is 0. The molecule has 2 nitrogen and oxygen atoms in total. The molecule has 0 aromatic rings. The average molecular weight is 158 g/mol. The van der Waals surface area contributed by atoms with Gasteiger partial charge in [0.25, 0.3) is 0 Å². The summed E-state index contributed by atoms with van der Waals surface area (Å²) in [4.78, 5) is 4.31. The van der Waals surface area contributed by atoms with E-state index in [2.05, 4.69) is 17.6 Å². The van der Waals surface area contributed by atoms with Gasteiger partial charge in [-0.2, -0.15) is 12.6 Å². The molecule has 2 N–H and O–H groups in total. The lowest BCUT2D eigenvalue weighted by molar-refractivity contribution is 0.705. The van der Waals surface area contributed by atoms with Crippen LogP contribution < -0.4 is 5.73 Å². The highest BCUT2D eigenvalue weighted by atomic mass is 32.1. The second kappa shape index (κ2) is 3.86. The van der Waals surface area contributed by atoms with Gasteiger partial charge in [0.1, 0.15) is 5.84 Å². The van der Waals surface area contributed by atoms with Crippen LogP contribution in [-0.4, -0.2) is 17.6 Å². The summed E-state index contributed by atoms with van der Waals surface area (Å²) in [7, 11) is 0. The summed E-state index contributed by atoms with van der Waals surface area (Å²) in [6, 6.07) is 0.507. The zero-order chi connectivity index (χ0) is 7.40. The van der Waals surface area contributed by atoms with Gasteiger partial charge in [-0.05, 0) is 12.8 Å². The molecule has 0 aliphatic heterocycles. The van der Waals surface area contributed by atoms with E-state index in [0.29, 0.717) is 17.6 Å². The van der Waals surface area contributed by atoms with Gasteiger partial charge in [0.15, 0.2) is 0 Å². The Kier molecular flexibility index (Phi) is 3.06. The van der Waals surface area contributed by atoms with Crippen molar-refractivity contribution in [2.45, 2.75) is 31.7 Å². The molecule has 0 spiro atoms. The van der Waals surface area contributed by atoms with Crippen LogP contribution in [0.1, 0.15) is 25.7 Å². The molecule has 1 aliphatic rings. The van der Waals surface area contributed by atoms with Gasteiger partial charge in [0.2, 0.25) is 0 Å². The number of rotatable bonds is 2. The van der Waals surface area contributed by atoms with Crippen molar-refractivity contribution in [3.8, 4) is 0 Å². The van der Waals surface area contributed by atoms with Crippen LogP contribution in [0.15, 0.2) is 4.99 Å². The molecule has 58 valence electrons. The lowest BCUT2D eigenvalue weighted by Crippen LogP contribution is -2.16. The van der Waals surface area contributed by atoms with Gasteiger partial charge in [-0.1, -0.05) is 12.8 Å². The molecular formula is C7H14N2S. The molecule has 0 atom stereocenters. The smallest absolute Gasteiger partial charge is 0.104 e. The van der Waals surface area contributed by atoms with E-state index in [1.54, 1.807) is 0 Å². The molecule has 0 unspecified atom stereocenters. The second-order valence-electron chi connectivity index (χ2n) is 2.72. The maximum absolute atomic E-state index is 5.53. The van der Waals surface area contributed by atoms with E-state index in [9.17, 15) is 0 Å². The Morgan fingerprint density at radius 2 is 2.10 bits per heavy atom. The van der Waals surface area contributed by atoms with Crippen molar-refractivity contribution >= 4 is 18.5 Å². The molecule has 0 heterocycles. The summed E-state index contributed by atoms with van der Waals surface area (Å²) in [5.41, 5.74) is 5.53. The monoisotopic (exact) mass is 158 g/mol. The molecule has 10 heavy (non-hydrogen) atoms. The largest absolute Gasteiger partial charge is 0.387 e. The Bertz CT molecular complexity index is 128. The predicted octanol–water partition coefficient (Wildman–Crippen LogP) is 1.22. The standard InChI is InChI=1S/C7H14N2S/c8-7(5-10)9-6-3-1-2-4-6/h6,10H,1-5H2,(H2,8,9). The predicted molar refractivity (Wildman–Crippen MR) is 47.7 cm³/mol. The maximum atomic E-state index is 5.53. The van der Waals surface area contributed by atoms with Gasteiger partial charge in [-0.3, -0.25) is 4.99 Å². The van der Waals surface area contributed by atoms with Crippen molar-refractivity contribution in [2.75, 3.05) is 5.75 Å². The summed E-state index contributed by atoms with van der Waals surface area (Å²) in [5.74, 6) is 1.28. The number of amidine groups is 1. The quantitative estimate of drug-likeness (QED) is 0.354. The molecule has 0 amide bonds. The maximum Gasteiger partial charge on any atom is 0.104 e. The Morgan fingerprint density at radius 1 is 1.50 bits per heavy atom. The minimum Gasteiger partial charge on any atom is -0.387 e. The molecule has 1 aliphatic carbocycles. The SMILES string of the molecule is NC(CS)=NC1CCCC1. The first-order valence-electron chi connectivity index (χ1n) is 3.76. The minimum absolute atomic E-state index is 0.507. The number of aliphatic imine (C=N–C) groups is 1. The van der Waals surface area contributed by atoms with Gasteiger partial charge in [-0.15, -0.1) is 0 Å². The highest BCUT2D eigenvalue weighted by Crippen LogP contribution is 2.20. The number of nitrogens with two attached hydrogens (primary N) is 1. The van der Waals surface area contributed by atoms with E-state index in [0.717, 1.165) is 0 Å². The molecule has 0 aromatic heterocycles. The van der Waals surface area contributed by atoms with Gasteiger partial charge in [-0.25, -0.2) is 0 Å². The van der Waals surface area contributed by atoms with E-state index in [1.165, 1.54) is 25.7 Å². The second-order valence-corrected chi connectivity index (χ2v) is 3.03. The van der Waals surface area contributed by atoms with Crippen molar-refractivity contribution in [1.29, 1.82) is 0 Å². The summed E-state index contributed by atoms with van der Waals surface area (Å²) in [6.07, 6.45) is 5.06. The third-order valence-electron chi connectivity index (χ3n) is 1.84. The molecule has 1 rings (SSSR count). The fourth-order valence-corrected chi connectivity index (χ4v) is 1.39. The van der Waals surface area contributed by atoms with Crippen LogP contribution in [0.4, 0.5) is 0 Å². The molecule has 3 heteroatoms. The minimum atomic E-state index is 0.507. The zero-order valence-corrected chi connectivity index (χ0v) is 6.98. The normalized spacial score (nSPS) is 21.9. The number of thiol groups is 1. The van der Waals surface area contributed by atoms with Crippen LogP contribution in [-0.2, 0) is 0 Å². The summed E-state index contributed by atoms with van der Waals surface area (Å²) < 4.78 is 0. The van der Waals surface area contributed by atoms with Crippen LogP contribution in [0.25, 0.3) is 0 Å². The fourth-order valence-electron chi connectivity index (χ4n) is 1.31. The van der Waals surface area contributed by atoms with Crippen molar-refractivity contribution in [3.05, 3.63) is 0 Å². The van der Waals surface area contributed by atoms with Crippen molar-refractivity contribution < 1.29 is 0 Å². The summed E-state index contributed by atoms with van der Waals surface area (Å²) >= 11 is 4.03. The molecular weight excluding hydrogens is 144 g/mol. The van der Waals surface area contributed by atoms with Crippen LogP contribution in [0, 0.1) is 0 Å². The Hall–Kier alpha value is -0.180. The Balaban J connectivity index is 2.34. The Labute approximate surface area is 67.3 Å². The molecule has 1 fully saturated rings. The number of hydrogen-bond acceptors (Lipinski definition) is 2. The highest BCUT2D eigenvalue weighted by molar-refractivity contribution is 7.81. The first-order chi connectivity index (χ1) is 4.83. The average Bonchev–Trinajstić information content (AvgIpc) is 2.40. The van der Waals surface area contributed by atoms with E-state index in [1.807, 2.05) is 0 Å². The molecule has 0 radical (unpaired) electrons. The molecule has 0 bridgehead atoms. The number of nitrogens with zero attached hydrogens (tertiary/aromatic N) is 1. The first kappa shape index (κ1) is 7.92. The van der Waals surface area contributed by atoms with E-state index < -0.39 is 0 Å². The fraction of sp³-hybridized carbons (Fsp3) is 0.857. The zero-order valence-electron chi connectivity index (χ0n) is 6.08. The van der Waals surface area contributed by atoms with Gasteiger partial charge in [0.05, 0.1) is 6.04 Å². The lowest BCUT2D eigenvalue weighted by atomic mass is 10.3. The van der Waals surface area contributed by atoms with Gasteiger partial charge in [0, 0.05) is 5.75 Å².